The number of hydrogen-bond donors (Lipinski definition) is 1. The summed E-state index contributed by atoms with van der Waals surface area (Å²) in [4.78, 5) is 0. The maximum atomic E-state index is 5.38. The molecule has 0 saturated carbocycles. The fourth-order valence-corrected chi connectivity index (χ4v) is 2.33. The van der Waals surface area contributed by atoms with Gasteiger partial charge in [-0.3, -0.25) is 0 Å². The Morgan fingerprint density at radius 1 is 1.36 bits per heavy atom. The summed E-state index contributed by atoms with van der Waals surface area (Å²) in [6, 6.07) is 6.76. The van der Waals surface area contributed by atoms with E-state index >= 15 is 0 Å². The van der Waals surface area contributed by atoms with Gasteiger partial charge >= 0.3 is 0 Å². The van der Waals surface area contributed by atoms with Crippen molar-refractivity contribution < 1.29 is 4.74 Å². The van der Waals surface area contributed by atoms with E-state index < -0.39 is 0 Å². The molecule has 0 aromatic heterocycles. The van der Waals surface area contributed by atoms with Crippen molar-refractivity contribution in [1.29, 1.82) is 0 Å². The van der Waals surface area contributed by atoms with Crippen LogP contribution < -0.4 is 10.1 Å². The zero-order chi connectivity index (χ0) is 10.1. The van der Waals surface area contributed by atoms with E-state index in [1.54, 1.807) is 7.11 Å². The van der Waals surface area contributed by atoms with Crippen LogP contribution in [0, 0.1) is 0 Å². The molecule has 76 valence electrons. The monoisotopic (exact) mass is 191 g/mol. The van der Waals surface area contributed by atoms with E-state index in [1.807, 2.05) is 12.1 Å². The third kappa shape index (κ3) is 1.45. The normalized spacial score (nSPS) is 25.1. The minimum absolute atomic E-state index is 0.560. The van der Waals surface area contributed by atoms with E-state index in [4.69, 9.17) is 4.74 Å². The first-order valence-corrected chi connectivity index (χ1v) is 5.15. The molecule has 1 N–H and O–H groups in total. The predicted octanol–water partition coefficient (Wildman–Crippen LogP) is 3.00. The van der Waals surface area contributed by atoms with E-state index in [0.29, 0.717) is 12.0 Å². The van der Waals surface area contributed by atoms with Gasteiger partial charge in [0.2, 0.25) is 0 Å². The summed E-state index contributed by atoms with van der Waals surface area (Å²) in [6.07, 6.45) is 1.17. The first-order valence-electron chi connectivity index (χ1n) is 5.15. The van der Waals surface area contributed by atoms with Crippen molar-refractivity contribution >= 4 is 5.69 Å². The molecule has 1 aliphatic rings. The fourth-order valence-electron chi connectivity index (χ4n) is 2.33. The Hall–Kier alpha value is -1.18. The predicted molar refractivity (Wildman–Crippen MR) is 59.1 cm³/mol. The molecule has 2 unspecified atom stereocenters. The Bertz CT molecular complexity index is 335. The molecule has 2 heteroatoms. The van der Waals surface area contributed by atoms with Gasteiger partial charge in [-0.2, -0.15) is 0 Å². The largest absolute Gasteiger partial charge is 0.496 e. The Labute approximate surface area is 85.3 Å². The molecule has 0 fully saturated rings. The SMILES string of the molecule is COc1cccc2c1C(C)CC(C)N2. The molecule has 0 saturated heterocycles. The Kier molecular flexibility index (Phi) is 2.36. The summed E-state index contributed by atoms with van der Waals surface area (Å²) in [5, 5.41) is 3.48. The molecule has 2 rings (SSSR count). The summed E-state index contributed by atoms with van der Waals surface area (Å²) >= 11 is 0. The molecule has 1 heterocycles. The van der Waals surface area contributed by atoms with Gasteiger partial charge < -0.3 is 10.1 Å². The number of rotatable bonds is 1. The van der Waals surface area contributed by atoms with E-state index in [1.165, 1.54) is 17.7 Å². The summed E-state index contributed by atoms with van der Waals surface area (Å²) in [7, 11) is 1.74. The molecule has 1 aromatic carbocycles. The van der Waals surface area contributed by atoms with Gasteiger partial charge in [-0.15, -0.1) is 0 Å². The summed E-state index contributed by atoms with van der Waals surface area (Å²) in [5.74, 6) is 1.59. The second-order valence-corrected chi connectivity index (χ2v) is 4.10. The molecule has 1 aliphatic heterocycles. The van der Waals surface area contributed by atoms with Gasteiger partial charge in [0.15, 0.2) is 0 Å². The van der Waals surface area contributed by atoms with Crippen molar-refractivity contribution in [2.24, 2.45) is 0 Å². The molecule has 0 amide bonds. The lowest BCUT2D eigenvalue weighted by Crippen LogP contribution is -2.24. The lowest BCUT2D eigenvalue weighted by Gasteiger charge is -2.30. The lowest BCUT2D eigenvalue weighted by molar-refractivity contribution is 0.402. The Morgan fingerprint density at radius 2 is 2.14 bits per heavy atom. The average molecular weight is 191 g/mol. The molecule has 2 atom stereocenters. The van der Waals surface area contributed by atoms with E-state index in [0.717, 1.165) is 5.75 Å². The quantitative estimate of drug-likeness (QED) is 0.736. The summed E-state index contributed by atoms with van der Waals surface area (Å²) < 4.78 is 5.38. The van der Waals surface area contributed by atoms with Crippen LogP contribution in [0.5, 0.6) is 5.75 Å². The molecule has 0 aliphatic carbocycles. The number of nitrogens with one attached hydrogen (secondary N) is 1. The number of hydrogen-bond acceptors (Lipinski definition) is 2. The van der Waals surface area contributed by atoms with Gasteiger partial charge in [-0.25, -0.2) is 0 Å². The maximum absolute atomic E-state index is 5.38. The van der Waals surface area contributed by atoms with Crippen LogP contribution >= 0.6 is 0 Å². The third-order valence-corrected chi connectivity index (χ3v) is 2.89. The highest BCUT2D eigenvalue weighted by Crippen LogP contribution is 2.39. The highest BCUT2D eigenvalue weighted by atomic mass is 16.5. The number of methoxy groups -OCH3 is 1. The summed E-state index contributed by atoms with van der Waals surface area (Å²) in [6.45, 7) is 4.48. The molecule has 2 nitrogen and oxygen atoms in total. The smallest absolute Gasteiger partial charge is 0.124 e. The topological polar surface area (TPSA) is 21.3 Å². The van der Waals surface area contributed by atoms with Crippen molar-refractivity contribution in [3.05, 3.63) is 23.8 Å². The second kappa shape index (κ2) is 3.52. The van der Waals surface area contributed by atoms with Gasteiger partial charge in [0, 0.05) is 17.3 Å². The maximum Gasteiger partial charge on any atom is 0.124 e. The zero-order valence-electron chi connectivity index (χ0n) is 9.00. The van der Waals surface area contributed by atoms with Gasteiger partial charge in [-0.05, 0) is 31.4 Å². The van der Waals surface area contributed by atoms with Gasteiger partial charge in [0.05, 0.1) is 7.11 Å². The van der Waals surface area contributed by atoms with Crippen molar-refractivity contribution in [3.8, 4) is 5.75 Å². The zero-order valence-corrected chi connectivity index (χ0v) is 9.00. The van der Waals surface area contributed by atoms with Crippen molar-refractivity contribution in [2.75, 3.05) is 12.4 Å². The van der Waals surface area contributed by atoms with Crippen molar-refractivity contribution in [1.82, 2.24) is 0 Å². The minimum Gasteiger partial charge on any atom is -0.496 e. The van der Waals surface area contributed by atoms with E-state index in [-0.39, 0.29) is 0 Å². The molecule has 1 aromatic rings. The van der Waals surface area contributed by atoms with E-state index in [9.17, 15) is 0 Å². The van der Waals surface area contributed by atoms with Crippen molar-refractivity contribution in [3.63, 3.8) is 0 Å². The van der Waals surface area contributed by atoms with Crippen LogP contribution in [0.15, 0.2) is 18.2 Å². The number of benzene rings is 1. The van der Waals surface area contributed by atoms with Crippen LogP contribution in [-0.4, -0.2) is 13.2 Å². The van der Waals surface area contributed by atoms with Crippen LogP contribution in [0.2, 0.25) is 0 Å². The molecule has 0 radical (unpaired) electrons. The van der Waals surface area contributed by atoms with Gasteiger partial charge in [0.25, 0.3) is 0 Å². The second-order valence-electron chi connectivity index (χ2n) is 4.10. The standard InChI is InChI=1S/C12H17NO/c1-8-7-9(2)13-10-5-4-6-11(14-3)12(8)10/h4-6,8-9,13H,7H2,1-3H3. The molecule has 14 heavy (non-hydrogen) atoms. The highest BCUT2D eigenvalue weighted by Gasteiger charge is 2.23. The third-order valence-electron chi connectivity index (χ3n) is 2.89. The minimum atomic E-state index is 0.560. The first kappa shape index (κ1) is 9.38. The van der Waals surface area contributed by atoms with E-state index in [2.05, 4.69) is 25.2 Å². The highest BCUT2D eigenvalue weighted by molar-refractivity contribution is 5.61. The summed E-state index contributed by atoms with van der Waals surface area (Å²) in [5.41, 5.74) is 2.56. The Morgan fingerprint density at radius 3 is 2.86 bits per heavy atom. The van der Waals surface area contributed by atoms with Gasteiger partial charge in [-0.1, -0.05) is 13.0 Å². The van der Waals surface area contributed by atoms with Gasteiger partial charge in [0.1, 0.15) is 5.75 Å². The Balaban J connectivity index is 2.47. The lowest BCUT2D eigenvalue weighted by atomic mass is 9.88. The molecule has 0 bridgehead atoms. The number of ether oxygens (including phenoxy) is 1. The fraction of sp³-hybridized carbons (Fsp3) is 0.500. The number of anilines is 1. The van der Waals surface area contributed by atoms with Crippen LogP contribution in [0.25, 0.3) is 0 Å². The van der Waals surface area contributed by atoms with Crippen LogP contribution in [0.3, 0.4) is 0 Å². The molecular formula is C12H17NO. The number of fused-ring (bicyclic) bond motifs is 1. The van der Waals surface area contributed by atoms with Crippen molar-refractivity contribution in [2.45, 2.75) is 32.2 Å². The average Bonchev–Trinajstić information content (AvgIpc) is 2.16. The van der Waals surface area contributed by atoms with Crippen LogP contribution in [0.4, 0.5) is 5.69 Å². The molecular weight excluding hydrogens is 174 g/mol. The van der Waals surface area contributed by atoms with Crippen LogP contribution in [0.1, 0.15) is 31.7 Å². The van der Waals surface area contributed by atoms with Crippen LogP contribution in [-0.2, 0) is 0 Å². The molecule has 0 spiro atoms. The first-order chi connectivity index (χ1) is 6.72.